The van der Waals surface area contributed by atoms with Crippen molar-refractivity contribution in [1.82, 2.24) is 4.90 Å². The van der Waals surface area contributed by atoms with Gasteiger partial charge in [0.2, 0.25) is 0 Å². The number of hydrogen-bond acceptors (Lipinski definition) is 4. The van der Waals surface area contributed by atoms with Crippen molar-refractivity contribution >= 4 is 17.5 Å². The Balaban J connectivity index is 1.65. The van der Waals surface area contributed by atoms with Gasteiger partial charge in [0.1, 0.15) is 5.75 Å². The highest BCUT2D eigenvalue weighted by Gasteiger charge is 2.33. The average molecular weight is 339 g/mol. The molecule has 1 heterocycles. The Kier molecular flexibility index (Phi) is 5.41. The number of nitrogens with two attached hydrogens (primary N) is 1. The summed E-state index contributed by atoms with van der Waals surface area (Å²) in [5.74, 6) is -0.0199. The molecular weight excluding hydrogens is 316 g/mol. The van der Waals surface area contributed by atoms with E-state index in [2.05, 4.69) is 4.90 Å². The normalized spacial score (nSPS) is 24.9. The summed E-state index contributed by atoms with van der Waals surface area (Å²) in [4.78, 5) is 13.3. The highest BCUT2D eigenvalue weighted by molar-refractivity contribution is 6.32. The molecule has 1 aromatic rings. The number of primary amides is 1. The molecule has 1 aromatic carbocycles. The summed E-state index contributed by atoms with van der Waals surface area (Å²) < 4.78 is 11.2. The first kappa shape index (κ1) is 16.6. The molecule has 126 valence electrons. The second kappa shape index (κ2) is 7.51. The van der Waals surface area contributed by atoms with Gasteiger partial charge in [0.05, 0.1) is 17.7 Å². The van der Waals surface area contributed by atoms with Gasteiger partial charge in [-0.15, -0.1) is 0 Å². The summed E-state index contributed by atoms with van der Waals surface area (Å²) >= 11 is 6.25. The van der Waals surface area contributed by atoms with Crippen molar-refractivity contribution in [2.45, 2.75) is 44.4 Å². The van der Waals surface area contributed by atoms with E-state index in [0.29, 0.717) is 22.9 Å². The monoisotopic (exact) mass is 338 g/mol. The zero-order valence-corrected chi connectivity index (χ0v) is 13.9. The van der Waals surface area contributed by atoms with Crippen LogP contribution < -0.4 is 10.5 Å². The summed E-state index contributed by atoms with van der Waals surface area (Å²) in [6, 6.07) is 6.22. The molecule has 23 heavy (non-hydrogen) atoms. The minimum atomic E-state index is -0.512. The van der Waals surface area contributed by atoms with Gasteiger partial charge in [-0.05, 0) is 30.5 Å². The van der Waals surface area contributed by atoms with Gasteiger partial charge in [-0.25, -0.2) is 0 Å². The lowest BCUT2D eigenvalue weighted by Gasteiger charge is -2.43. The Morgan fingerprint density at radius 3 is 3.00 bits per heavy atom. The van der Waals surface area contributed by atoms with Gasteiger partial charge >= 0.3 is 0 Å². The first-order chi connectivity index (χ1) is 11.1. The van der Waals surface area contributed by atoms with Crippen molar-refractivity contribution in [2.24, 2.45) is 5.73 Å². The van der Waals surface area contributed by atoms with Crippen LogP contribution in [0.1, 0.15) is 31.2 Å². The van der Waals surface area contributed by atoms with Crippen molar-refractivity contribution in [1.29, 1.82) is 0 Å². The van der Waals surface area contributed by atoms with Crippen LogP contribution in [-0.2, 0) is 16.1 Å². The van der Waals surface area contributed by atoms with Crippen molar-refractivity contribution in [3.8, 4) is 5.75 Å². The lowest BCUT2D eigenvalue weighted by molar-refractivity contribution is -0.119. The summed E-state index contributed by atoms with van der Waals surface area (Å²) in [5.41, 5.74) is 6.23. The number of amides is 1. The molecule has 1 saturated carbocycles. The Labute approximate surface area is 141 Å². The summed E-state index contributed by atoms with van der Waals surface area (Å²) in [6.07, 6.45) is 5.31. The number of rotatable bonds is 5. The minimum Gasteiger partial charge on any atom is -0.482 e. The van der Waals surface area contributed by atoms with Gasteiger partial charge in [-0.3, -0.25) is 9.69 Å². The predicted molar refractivity (Wildman–Crippen MR) is 88.5 cm³/mol. The second-order valence-corrected chi connectivity index (χ2v) is 6.66. The largest absolute Gasteiger partial charge is 0.482 e. The predicted octanol–water partition coefficient (Wildman–Crippen LogP) is 2.35. The number of hydrogen-bond donors (Lipinski definition) is 1. The van der Waals surface area contributed by atoms with Crippen LogP contribution in [0.15, 0.2) is 18.2 Å². The van der Waals surface area contributed by atoms with Crippen molar-refractivity contribution < 1.29 is 14.3 Å². The van der Waals surface area contributed by atoms with Crippen LogP contribution in [-0.4, -0.2) is 42.7 Å². The first-order valence-electron chi connectivity index (χ1n) is 8.18. The smallest absolute Gasteiger partial charge is 0.255 e. The van der Waals surface area contributed by atoms with E-state index in [9.17, 15) is 4.79 Å². The fraction of sp³-hybridized carbons (Fsp3) is 0.588. The molecule has 0 unspecified atom stereocenters. The Morgan fingerprint density at radius 2 is 2.22 bits per heavy atom. The second-order valence-electron chi connectivity index (χ2n) is 6.25. The number of nitrogens with zero attached hydrogens (tertiary/aromatic N) is 1. The lowest BCUT2D eigenvalue weighted by Crippen LogP contribution is -2.52. The molecule has 6 heteroatoms. The van der Waals surface area contributed by atoms with Crippen LogP contribution in [0.5, 0.6) is 5.75 Å². The molecule has 5 nitrogen and oxygen atoms in total. The van der Waals surface area contributed by atoms with E-state index < -0.39 is 5.91 Å². The van der Waals surface area contributed by atoms with Gasteiger partial charge in [0.25, 0.3) is 5.91 Å². The molecule has 0 bridgehead atoms. The third kappa shape index (κ3) is 4.16. The van der Waals surface area contributed by atoms with Crippen LogP contribution in [0.3, 0.4) is 0 Å². The molecule has 0 radical (unpaired) electrons. The van der Waals surface area contributed by atoms with E-state index in [1.54, 1.807) is 6.07 Å². The summed E-state index contributed by atoms with van der Waals surface area (Å²) in [5, 5.41) is 0.511. The Bertz CT molecular complexity index is 565. The highest BCUT2D eigenvalue weighted by atomic mass is 35.5. The standard InChI is InChI=1S/C17H23ClN2O3/c18-13-9-12(5-6-15(13)23-11-17(19)21)10-20-7-8-22-16-4-2-1-3-14(16)20/h5-6,9,14,16H,1-4,7-8,10-11H2,(H2,19,21)/t14-,16-/m1/s1. The number of halogens is 1. The zero-order chi connectivity index (χ0) is 16.2. The minimum absolute atomic E-state index is 0.160. The number of carbonyl (C=O) groups is 1. The van der Waals surface area contributed by atoms with Gasteiger partial charge in [-0.2, -0.15) is 0 Å². The lowest BCUT2D eigenvalue weighted by atomic mass is 9.90. The number of fused-ring (bicyclic) bond motifs is 1. The molecule has 0 spiro atoms. The van der Waals surface area contributed by atoms with Gasteiger partial charge in [-0.1, -0.05) is 30.5 Å². The molecule has 2 aliphatic rings. The Hall–Kier alpha value is -1.30. The molecule has 2 atom stereocenters. The summed E-state index contributed by atoms with van der Waals surface area (Å²) in [7, 11) is 0. The maximum Gasteiger partial charge on any atom is 0.255 e. The molecule has 0 aromatic heterocycles. The molecule has 1 aliphatic carbocycles. The molecule has 2 N–H and O–H groups in total. The number of benzene rings is 1. The molecule has 2 fully saturated rings. The molecule has 1 saturated heterocycles. The van der Waals surface area contributed by atoms with E-state index in [0.717, 1.165) is 25.3 Å². The topological polar surface area (TPSA) is 64.8 Å². The van der Waals surface area contributed by atoms with Crippen molar-refractivity contribution in [2.75, 3.05) is 19.8 Å². The highest BCUT2D eigenvalue weighted by Crippen LogP contribution is 2.31. The van der Waals surface area contributed by atoms with E-state index >= 15 is 0 Å². The molecule has 1 aliphatic heterocycles. The van der Waals surface area contributed by atoms with Crippen LogP contribution in [0.2, 0.25) is 5.02 Å². The van der Waals surface area contributed by atoms with Gasteiger partial charge < -0.3 is 15.2 Å². The number of morpholine rings is 1. The van der Waals surface area contributed by atoms with Crippen LogP contribution >= 0.6 is 11.6 Å². The fourth-order valence-electron chi connectivity index (χ4n) is 3.52. The fourth-order valence-corrected chi connectivity index (χ4v) is 3.77. The number of ether oxygens (including phenoxy) is 2. The maximum absolute atomic E-state index is 10.8. The SMILES string of the molecule is NC(=O)COc1ccc(CN2CCO[C@@H]3CCCC[C@H]32)cc1Cl. The quantitative estimate of drug-likeness (QED) is 0.895. The molecular formula is C17H23ClN2O3. The zero-order valence-electron chi connectivity index (χ0n) is 13.2. The first-order valence-corrected chi connectivity index (χ1v) is 8.56. The average Bonchev–Trinajstić information content (AvgIpc) is 2.54. The van der Waals surface area contributed by atoms with E-state index in [1.165, 1.54) is 25.7 Å². The Morgan fingerprint density at radius 1 is 1.39 bits per heavy atom. The van der Waals surface area contributed by atoms with Crippen LogP contribution in [0.25, 0.3) is 0 Å². The molecule has 1 amide bonds. The summed E-state index contributed by atoms with van der Waals surface area (Å²) in [6.45, 7) is 2.46. The van der Waals surface area contributed by atoms with E-state index in [4.69, 9.17) is 26.8 Å². The van der Waals surface area contributed by atoms with Crippen LogP contribution in [0, 0.1) is 0 Å². The van der Waals surface area contributed by atoms with E-state index in [1.807, 2.05) is 12.1 Å². The van der Waals surface area contributed by atoms with Gasteiger partial charge in [0, 0.05) is 19.1 Å². The van der Waals surface area contributed by atoms with E-state index in [-0.39, 0.29) is 6.61 Å². The third-order valence-corrected chi connectivity index (χ3v) is 4.89. The maximum atomic E-state index is 10.8. The third-order valence-electron chi connectivity index (χ3n) is 4.60. The molecule has 3 rings (SSSR count). The van der Waals surface area contributed by atoms with Crippen molar-refractivity contribution in [3.63, 3.8) is 0 Å². The van der Waals surface area contributed by atoms with Gasteiger partial charge in [0.15, 0.2) is 6.61 Å². The van der Waals surface area contributed by atoms with Crippen LogP contribution in [0.4, 0.5) is 0 Å². The van der Waals surface area contributed by atoms with Crippen molar-refractivity contribution in [3.05, 3.63) is 28.8 Å². The number of carbonyl (C=O) groups excluding carboxylic acids is 1.